The van der Waals surface area contributed by atoms with Crippen molar-refractivity contribution < 1.29 is 36.2 Å². The number of hydrogen-bond donors (Lipinski definition) is 1. The summed E-state index contributed by atoms with van der Waals surface area (Å²) in [5, 5.41) is 0. The minimum Gasteiger partial charge on any atom is -0.466 e. The SMILES string of the molecule is COC(=O)/C=C/Oc1ccc(Oc2ccc(F)cc2F)c(NS(C)(=O)=O)c1. The fourth-order valence-corrected chi connectivity index (χ4v) is 2.42. The summed E-state index contributed by atoms with van der Waals surface area (Å²) in [6.07, 6.45) is 2.98. The third kappa shape index (κ3) is 6.26. The number of carbonyl (C=O) groups excluding carboxylic acids is 1. The summed E-state index contributed by atoms with van der Waals surface area (Å²) >= 11 is 0. The lowest BCUT2D eigenvalue weighted by molar-refractivity contribution is -0.134. The summed E-state index contributed by atoms with van der Waals surface area (Å²) in [6.45, 7) is 0. The highest BCUT2D eigenvalue weighted by molar-refractivity contribution is 7.92. The number of hydrogen-bond acceptors (Lipinski definition) is 6. The van der Waals surface area contributed by atoms with Crippen LogP contribution in [0.2, 0.25) is 0 Å². The minimum atomic E-state index is -3.69. The zero-order chi connectivity index (χ0) is 20.0. The normalized spacial score (nSPS) is 11.3. The molecule has 0 aliphatic carbocycles. The van der Waals surface area contributed by atoms with Crippen molar-refractivity contribution in [3.63, 3.8) is 0 Å². The first kappa shape index (κ1) is 20.2. The van der Waals surface area contributed by atoms with Gasteiger partial charge in [-0.3, -0.25) is 4.72 Å². The number of carbonyl (C=O) groups is 1. The van der Waals surface area contributed by atoms with Crippen LogP contribution in [-0.4, -0.2) is 27.8 Å². The van der Waals surface area contributed by atoms with E-state index in [1.54, 1.807) is 0 Å². The third-order valence-corrected chi connectivity index (χ3v) is 3.56. The number of benzene rings is 2. The molecule has 0 aromatic heterocycles. The molecule has 0 atom stereocenters. The number of nitrogens with one attached hydrogen (secondary N) is 1. The van der Waals surface area contributed by atoms with E-state index in [1.165, 1.54) is 25.3 Å². The van der Waals surface area contributed by atoms with Crippen LogP contribution in [0, 0.1) is 11.6 Å². The van der Waals surface area contributed by atoms with Gasteiger partial charge >= 0.3 is 5.97 Å². The van der Waals surface area contributed by atoms with Gasteiger partial charge < -0.3 is 14.2 Å². The zero-order valence-electron chi connectivity index (χ0n) is 14.2. The van der Waals surface area contributed by atoms with Gasteiger partial charge in [0.2, 0.25) is 10.0 Å². The predicted octanol–water partition coefficient (Wildman–Crippen LogP) is 3.19. The number of halogens is 2. The van der Waals surface area contributed by atoms with E-state index in [9.17, 15) is 22.0 Å². The standard InChI is InChI=1S/C17H15F2NO6S/c1-24-17(21)7-8-25-12-4-6-16(14(10-12)20-27(2,22)23)26-15-5-3-11(18)9-13(15)19/h3-10,20H,1-2H3/b8-7+. The molecule has 0 aliphatic heterocycles. The van der Waals surface area contributed by atoms with E-state index in [4.69, 9.17) is 9.47 Å². The fraction of sp³-hybridized carbons (Fsp3) is 0.118. The van der Waals surface area contributed by atoms with Crippen molar-refractivity contribution in [3.8, 4) is 17.2 Å². The van der Waals surface area contributed by atoms with E-state index in [0.717, 1.165) is 30.7 Å². The van der Waals surface area contributed by atoms with Crippen LogP contribution in [0.5, 0.6) is 17.2 Å². The van der Waals surface area contributed by atoms with E-state index < -0.39 is 27.6 Å². The number of ether oxygens (including phenoxy) is 3. The molecular weight excluding hydrogens is 384 g/mol. The molecule has 144 valence electrons. The zero-order valence-corrected chi connectivity index (χ0v) is 15.0. The fourth-order valence-electron chi connectivity index (χ4n) is 1.86. The van der Waals surface area contributed by atoms with E-state index in [0.29, 0.717) is 6.07 Å². The second-order valence-corrected chi connectivity index (χ2v) is 6.90. The Morgan fingerprint density at radius 1 is 1.11 bits per heavy atom. The maximum atomic E-state index is 13.8. The third-order valence-electron chi connectivity index (χ3n) is 2.97. The molecule has 2 aromatic carbocycles. The van der Waals surface area contributed by atoms with Gasteiger partial charge in [0.1, 0.15) is 11.6 Å². The maximum Gasteiger partial charge on any atom is 0.333 e. The highest BCUT2D eigenvalue weighted by atomic mass is 32.2. The summed E-state index contributed by atoms with van der Waals surface area (Å²) in [6, 6.07) is 6.67. The van der Waals surface area contributed by atoms with Crippen LogP contribution in [-0.2, 0) is 19.6 Å². The summed E-state index contributed by atoms with van der Waals surface area (Å²) in [5.41, 5.74) is -0.0507. The Labute approximate surface area is 154 Å². The van der Waals surface area contributed by atoms with Gasteiger partial charge in [0.25, 0.3) is 0 Å². The molecule has 0 saturated carbocycles. The van der Waals surface area contributed by atoms with Crippen LogP contribution in [0.25, 0.3) is 0 Å². The van der Waals surface area contributed by atoms with Gasteiger partial charge in [-0.2, -0.15) is 0 Å². The van der Waals surface area contributed by atoms with Crippen LogP contribution in [0.3, 0.4) is 0 Å². The monoisotopic (exact) mass is 399 g/mol. The Balaban J connectivity index is 2.32. The van der Waals surface area contributed by atoms with Crippen LogP contribution in [0.1, 0.15) is 0 Å². The molecular formula is C17H15F2NO6S. The first-order valence-electron chi connectivity index (χ1n) is 7.34. The molecule has 0 radical (unpaired) electrons. The van der Waals surface area contributed by atoms with Crippen LogP contribution < -0.4 is 14.2 Å². The van der Waals surface area contributed by atoms with Crippen molar-refractivity contribution in [1.29, 1.82) is 0 Å². The van der Waals surface area contributed by atoms with E-state index in [-0.39, 0.29) is 22.9 Å². The molecule has 0 amide bonds. The highest BCUT2D eigenvalue weighted by Gasteiger charge is 2.14. The number of anilines is 1. The molecule has 0 fully saturated rings. The Kier molecular flexibility index (Phi) is 6.35. The molecule has 0 unspecified atom stereocenters. The van der Waals surface area contributed by atoms with Crippen LogP contribution in [0.15, 0.2) is 48.7 Å². The summed E-state index contributed by atoms with van der Waals surface area (Å²) < 4.78 is 67.0. The molecule has 1 N–H and O–H groups in total. The molecule has 0 bridgehead atoms. The number of sulfonamides is 1. The lowest BCUT2D eigenvalue weighted by atomic mass is 10.2. The van der Waals surface area contributed by atoms with Crippen molar-refractivity contribution in [3.05, 3.63) is 60.4 Å². The molecule has 0 saturated heterocycles. The molecule has 2 aromatic rings. The minimum absolute atomic E-state index is 0.0461. The largest absolute Gasteiger partial charge is 0.466 e. The van der Waals surface area contributed by atoms with Gasteiger partial charge in [-0.1, -0.05) is 0 Å². The van der Waals surface area contributed by atoms with Crippen molar-refractivity contribution in [2.75, 3.05) is 18.1 Å². The van der Waals surface area contributed by atoms with Gasteiger partial charge in [-0.25, -0.2) is 22.0 Å². The Morgan fingerprint density at radius 3 is 2.44 bits per heavy atom. The quantitative estimate of drug-likeness (QED) is 0.437. The van der Waals surface area contributed by atoms with E-state index in [2.05, 4.69) is 9.46 Å². The smallest absolute Gasteiger partial charge is 0.333 e. The summed E-state index contributed by atoms with van der Waals surface area (Å²) in [5.74, 6) is -2.57. The molecule has 10 heteroatoms. The molecule has 2 rings (SSSR count). The molecule has 0 aliphatic rings. The molecule has 0 heterocycles. The van der Waals surface area contributed by atoms with E-state index >= 15 is 0 Å². The lowest BCUT2D eigenvalue weighted by Crippen LogP contribution is -2.10. The topological polar surface area (TPSA) is 90.9 Å². The van der Waals surface area contributed by atoms with Crippen molar-refractivity contribution in [1.82, 2.24) is 0 Å². The first-order chi connectivity index (χ1) is 12.7. The summed E-state index contributed by atoms with van der Waals surface area (Å²) in [7, 11) is -2.50. The van der Waals surface area contributed by atoms with Crippen molar-refractivity contribution in [2.45, 2.75) is 0 Å². The average Bonchev–Trinajstić information content (AvgIpc) is 2.57. The maximum absolute atomic E-state index is 13.8. The van der Waals surface area contributed by atoms with E-state index in [1.807, 2.05) is 0 Å². The number of rotatable bonds is 7. The predicted molar refractivity (Wildman–Crippen MR) is 93.1 cm³/mol. The Bertz CT molecular complexity index is 975. The van der Waals surface area contributed by atoms with Gasteiger partial charge in [0, 0.05) is 12.1 Å². The molecule has 27 heavy (non-hydrogen) atoms. The molecule has 0 spiro atoms. The van der Waals surface area contributed by atoms with Crippen LogP contribution in [0.4, 0.5) is 14.5 Å². The number of methoxy groups -OCH3 is 1. The average molecular weight is 399 g/mol. The van der Waals surface area contributed by atoms with Crippen molar-refractivity contribution >= 4 is 21.7 Å². The Morgan fingerprint density at radius 2 is 1.81 bits per heavy atom. The van der Waals surface area contributed by atoms with Crippen molar-refractivity contribution in [2.24, 2.45) is 0 Å². The first-order valence-corrected chi connectivity index (χ1v) is 9.23. The van der Waals surface area contributed by atoms with Gasteiger partial charge in [0.05, 0.1) is 31.4 Å². The second-order valence-electron chi connectivity index (χ2n) is 5.15. The lowest BCUT2D eigenvalue weighted by Gasteiger charge is -2.14. The number of esters is 1. The van der Waals surface area contributed by atoms with Gasteiger partial charge in [-0.15, -0.1) is 0 Å². The molecule has 7 nitrogen and oxygen atoms in total. The van der Waals surface area contributed by atoms with Crippen LogP contribution >= 0.6 is 0 Å². The van der Waals surface area contributed by atoms with Gasteiger partial charge in [-0.05, 0) is 24.3 Å². The Hall–Kier alpha value is -3.14. The second kappa shape index (κ2) is 8.49. The summed E-state index contributed by atoms with van der Waals surface area (Å²) in [4.78, 5) is 11.0. The highest BCUT2D eigenvalue weighted by Crippen LogP contribution is 2.34. The van der Waals surface area contributed by atoms with Gasteiger partial charge in [0.15, 0.2) is 17.3 Å².